The van der Waals surface area contributed by atoms with Crippen LogP contribution in [0.15, 0.2) is 42.5 Å². The van der Waals surface area contributed by atoms with Gasteiger partial charge in [0.25, 0.3) is 11.8 Å². The predicted octanol–water partition coefficient (Wildman–Crippen LogP) is 2.77. The fourth-order valence-corrected chi connectivity index (χ4v) is 4.06. The van der Waals surface area contributed by atoms with Crippen LogP contribution < -0.4 is 15.5 Å². The molecule has 2 aromatic rings. The van der Waals surface area contributed by atoms with E-state index in [4.69, 9.17) is 26.9 Å². The fourth-order valence-electron chi connectivity index (χ4n) is 3.80. The highest BCUT2D eigenvalue weighted by molar-refractivity contribution is 6.34. The van der Waals surface area contributed by atoms with E-state index in [0.29, 0.717) is 23.5 Å². The number of nitrogens with two attached hydrogens (primary N) is 1. The zero-order valence-electron chi connectivity index (χ0n) is 20.9. The van der Waals surface area contributed by atoms with E-state index in [2.05, 4.69) is 0 Å². The number of nitrogens with zero attached hydrogens (tertiary/aromatic N) is 3. The molecule has 1 heterocycles. The van der Waals surface area contributed by atoms with Crippen molar-refractivity contribution in [2.45, 2.75) is 33.2 Å². The molecule has 0 saturated carbocycles. The molecule has 2 N–H and O–H groups in total. The summed E-state index contributed by atoms with van der Waals surface area (Å²) in [6, 6.07) is 11.7. The van der Waals surface area contributed by atoms with Crippen LogP contribution in [0, 0.1) is 0 Å². The molecule has 198 valence electrons. The van der Waals surface area contributed by atoms with E-state index in [-0.39, 0.29) is 55.2 Å². The SMILES string of the molecule is CCCCN(N)C(=O)CN1Cc2ccccc2N(C(=O)c2ccc(OCCOC(C)=O)cc2Cl)CC1=O. The third kappa shape index (κ3) is 7.43. The van der Waals surface area contributed by atoms with Crippen LogP contribution in [0.4, 0.5) is 5.69 Å². The number of ether oxygens (including phenoxy) is 2. The van der Waals surface area contributed by atoms with E-state index in [1.165, 1.54) is 28.9 Å². The molecular formula is C26H31ClN4O6. The quantitative estimate of drug-likeness (QED) is 0.165. The number of anilines is 1. The van der Waals surface area contributed by atoms with Gasteiger partial charge in [-0.05, 0) is 36.2 Å². The number of fused-ring (bicyclic) bond motifs is 1. The molecule has 3 rings (SSSR count). The molecule has 0 spiro atoms. The maximum Gasteiger partial charge on any atom is 0.302 e. The second kappa shape index (κ2) is 13.1. The van der Waals surface area contributed by atoms with Gasteiger partial charge in [0, 0.05) is 25.7 Å². The summed E-state index contributed by atoms with van der Waals surface area (Å²) in [4.78, 5) is 53.0. The highest BCUT2D eigenvalue weighted by atomic mass is 35.5. The predicted molar refractivity (Wildman–Crippen MR) is 138 cm³/mol. The molecule has 0 atom stereocenters. The number of benzene rings is 2. The van der Waals surface area contributed by atoms with Crippen molar-refractivity contribution in [1.82, 2.24) is 9.91 Å². The molecule has 37 heavy (non-hydrogen) atoms. The van der Waals surface area contributed by atoms with Gasteiger partial charge in [0.05, 0.1) is 10.6 Å². The Kier molecular flexibility index (Phi) is 9.87. The van der Waals surface area contributed by atoms with Crippen molar-refractivity contribution < 1.29 is 28.7 Å². The molecular weight excluding hydrogens is 500 g/mol. The van der Waals surface area contributed by atoms with Gasteiger partial charge in [-0.1, -0.05) is 43.1 Å². The molecule has 0 radical (unpaired) electrons. The summed E-state index contributed by atoms with van der Waals surface area (Å²) >= 11 is 6.41. The molecule has 0 unspecified atom stereocenters. The van der Waals surface area contributed by atoms with Crippen LogP contribution in [0.2, 0.25) is 5.02 Å². The fraction of sp³-hybridized carbons (Fsp3) is 0.385. The summed E-state index contributed by atoms with van der Waals surface area (Å²) in [6.45, 7) is 3.63. The van der Waals surface area contributed by atoms with Gasteiger partial charge in [0.2, 0.25) is 5.91 Å². The van der Waals surface area contributed by atoms with Crippen molar-refractivity contribution >= 4 is 41.0 Å². The van der Waals surface area contributed by atoms with Crippen LogP contribution in [0.25, 0.3) is 0 Å². The topological polar surface area (TPSA) is 122 Å². The van der Waals surface area contributed by atoms with Gasteiger partial charge in [0.1, 0.15) is 32.1 Å². The summed E-state index contributed by atoms with van der Waals surface area (Å²) in [6.07, 6.45) is 1.65. The largest absolute Gasteiger partial charge is 0.490 e. The standard InChI is InChI=1S/C26H31ClN4O6/c1-3-4-11-31(28)25(34)16-29-15-19-7-5-6-8-23(19)30(17-24(29)33)26(35)21-10-9-20(14-22(21)27)37-13-12-36-18(2)32/h5-10,14H,3-4,11-13,15-17,28H2,1-2H3. The molecule has 1 aliphatic rings. The molecule has 1 aliphatic heterocycles. The van der Waals surface area contributed by atoms with E-state index >= 15 is 0 Å². The summed E-state index contributed by atoms with van der Waals surface area (Å²) in [5.74, 6) is 4.64. The summed E-state index contributed by atoms with van der Waals surface area (Å²) in [5, 5.41) is 1.28. The Morgan fingerprint density at radius 3 is 2.57 bits per heavy atom. The summed E-state index contributed by atoms with van der Waals surface area (Å²) in [5.41, 5.74) is 1.46. The number of carbonyl (C=O) groups excluding carboxylic acids is 4. The Balaban J connectivity index is 1.78. The Hall–Kier alpha value is -3.63. The molecule has 0 fully saturated rings. The average molecular weight is 531 g/mol. The summed E-state index contributed by atoms with van der Waals surface area (Å²) in [7, 11) is 0. The van der Waals surface area contributed by atoms with E-state index in [1.54, 1.807) is 18.2 Å². The normalized spacial score (nSPS) is 13.0. The van der Waals surface area contributed by atoms with E-state index in [1.807, 2.05) is 19.1 Å². The minimum Gasteiger partial charge on any atom is -0.490 e. The lowest BCUT2D eigenvalue weighted by Gasteiger charge is -2.24. The Morgan fingerprint density at radius 1 is 1.11 bits per heavy atom. The van der Waals surface area contributed by atoms with Crippen LogP contribution >= 0.6 is 11.6 Å². The van der Waals surface area contributed by atoms with Crippen LogP contribution in [0.3, 0.4) is 0 Å². The summed E-state index contributed by atoms with van der Waals surface area (Å²) < 4.78 is 10.3. The van der Waals surface area contributed by atoms with Crippen molar-refractivity contribution in [3.05, 3.63) is 58.6 Å². The Labute approximate surface area is 220 Å². The van der Waals surface area contributed by atoms with Gasteiger partial charge in [0.15, 0.2) is 0 Å². The molecule has 0 aromatic heterocycles. The van der Waals surface area contributed by atoms with Crippen molar-refractivity contribution in [3.8, 4) is 5.75 Å². The first kappa shape index (κ1) is 27.9. The van der Waals surface area contributed by atoms with E-state index < -0.39 is 11.9 Å². The van der Waals surface area contributed by atoms with Gasteiger partial charge >= 0.3 is 5.97 Å². The third-order valence-electron chi connectivity index (χ3n) is 5.76. The van der Waals surface area contributed by atoms with Crippen molar-refractivity contribution in [1.29, 1.82) is 0 Å². The van der Waals surface area contributed by atoms with Crippen LogP contribution in [0.5, 0.6) is 5.75 Å². The van der Waals surface area contributed by atoms with Gasteiger partial charge in [-0.2, -0.15) is 0 Å². The smallest absolute Gasteiger partial charge is 0.302 e. The lowest BCUT2D eigenvalue weighted by Crippen LogP contribution is -2.47. The highest BCUT2D eigenvalue weighted by Gasteiger charge is 2.31. The van der Waals surface area contributed by atoms with E-state index in [9.17, 15) is 19.2 Å². The minimum atomic E-state index is -0.464. The first-order valence-corrected chi connectivity index (χ1v) is 12.4. The maximum atomic E-state index is 13.6. The number of hydrazine groups is 1. The minimum absolute atomic E-state index is 0.0832. The van der Waals surface area contributed by atoms with Crippen LogP contribution in [-0.2, 0) is 25.7 Å². The van der Waals surface area contributed by atoms with Crippen molar-refractivity contribution in [3.63, 3.8) is 0 Å². The van der Waals surface area contributed by atoms with E-state index in [0.717, 1.165) is 17.9 Å². The van der Waals surface area contributed by atoms with Gasteiger partial charge in [-0.25, -0.2) is 5.84 Å². The molecule has 0 saturated heterocycles. The lowest BCUT2D eigenvalue weighted by atomic mass is 10.1. The first-order valence-electron chi connectivity index (χ1n) is 12.0. The van der Waals surface area contributed by atoms with Crippen LogP contribution in [-0.4, -0.2) is 66.4 Å². The monoisotopic (exact) mass is 530 g/mol. The average Bonchev–Trinajstić information content (AvgIpc) is 3.01. The third-order valence-corrected chi connectivity index (χ3v) is 6.07. The molecule has 10 nitrogen and oxygen atoms in total. The Morgan fingerprint density at radius 2 is 1.86 bits per heavy atom. The van der Waals surface area contributed by atoms with Crippen LogP contribution in [0.1, 0.15) is 42.6 Å². The van der Waals surface area contributed by atoms with Crippen molar-refractivity contribution in [2.24, 2.45) is 5.84 Å². The molecule has 11 heteroatoms. The number of hydrogen-bond donors (Lipinski definition) is 1. The number of hydrogen-bond acceptors (Lipinski definition) is 7. The highest BCUT2D eigenvalue weighted by Crippen LogP contribution is 2.30. The Bertz CT molecular complexity index is 1160. The number of carbonyl (C=O) groups is 4. The number of rotatable bonds is 10. The second-order valence-corrected chi connectivity index (χ2v) is 8.95. The molecule has 0 aliphatic carbocycles. The number of para-hydroxylation sites is 1. The number of unbranched alkanes of at least 4 members (excludes halogenated alkanes) is 1. The maximum absolute atomic E-state index is 13.6. The van der Waals surface area contributed by atoms with Gasteiger partial charge in [-0.15, -0.1) is 0 Å². The zero-order valence-corrected chi connectivity index (χ0v) is 21.7. The zero-order chi connectivity index (χ0) is 26.9. The number of amides is 3. The van der Waals surface area contributed by atoms with Gasteiger partial charge in [-0.3, -0.25) is 29.1 Å². The number of esters is 1. The van der Waals surface area contributed by atoms with Gasteiger partial charge < -0.3 is 14.4 Å². The lowest BCUT2D eigenvalue weighted by molar-refractivity contribution is -0.141. The first-order chi connectivity index (χ1) is 17.7. The molecule has 0 bridgehead atoms. The molecule has 3 amide bonds. The second-order valence-electron chi connectivity index (χ2n) is 8.54. The molecule has 2 aromatic carbocycles. The number of halogens is 1. The van der Waals surface area contributed by atoms with Crippen molar-refractivity contribution in [2.75, 3.05) is 37.7 Å².